The predicted molar refractivity (Wildman–Crippen MR) is 102 cm³/mol. The van der Waals surface area contributed by atoms with Gasteiger partial charge < -0.3 is 15.2 Å². The Balaban J connectivity index is 0.000000449. The highest BCUT2D eigenvalue weighted by Gasteiger charge is 2.12. The zero-order valence-corrected chi connectivity index (χ0v) is 13.3. The highest BCUT2D eigenvalue weighted by molar-refractivity contribution is 5.51. The van der Waals surface area contributed by atoms with Crippen LogP contribution in [0.3, 0.4) is 0 Å². The molecular formula is C19H24N2O4. The molecule has 2 N–H and O–H groups in total. The summed E-state index contributed by atoms with van der Waals surface area (Å²) in [6, 6.07) is 13.6. The number of rotatable bonds is 7. The number of benzene rings is 2. The summed E-state index contributed by atoms with van der Waals surface area (Å²) in [6.45, 7) is 7.76. The van der Waals surface area contributed by atoms with Crippen molar-refractivity contribution >= 4 is 11.4 Å². The average Bonchev–Trinajstić information content (AvgIpc) is 2.60. The van der Waals surface area contributed by atoms with Gasteiger partial charge in [-0.05, 0) is 18.2 Å². The van der Waals surface area contributed by atoms with Crippen molar-refractivity contribution < 1.29 is 14.4 Å². The summed E-state index contributed by atoms with van der Waals surface area (Å²) in [5.74, 6) is 0.986. The number of para-hydroxylation sites is 4. The molecule has 0 amide bonds. The van der Waals surface area contributed by atoms with Gasteiger partial charge in [-0.2, -0.15) is 0 Å². The molecule has 0 unspecified atom stereocenters. The van der Waals surface area contributed by atoms with Crippen LogP contribution in [0, 0.1) is 10.1 Å². The second-order valence-electron chi connectivity index (χ2n) is 4.46. The summed E-state index contributed by atoms with van der Waals surface area (Å²) in [5, 5.41) is 10.5. The maximum absolute atomic E-state index is 10.5. The standard InChI is InChI=1S/C9H9NO3.C9H11NO.CH4/c1-2-7-13-9-6-4-3-5-8(9)10(11)12;1-2-7-11-9-6-4-3-5-8(9)10;/h2-6H,1,7H2;2-6H,1,7,10H2;1H4. The fourth-order valence-corrected chi connectivity index (χ4v) is 1.64. The largest absolute Gasteiger partial charge is 0.487 e. The van der Waals surface area contributed by atoms with E-state index in [1.54, 1.807) is 30.3 Å². The van der Waals surface area contributed by atoms with Crippen molar-refractivity contribution in [2.45, 2.75) is 7.43 Å². The van der Waals surface area contributed by atoms with E-state index < -0.39 is 4.92 Å². The minimum atomic E-state index is -0.474. The van der Waals surface area contributed by atoms with Crippen molar-refractivity contribution in [3.63, 3.8) is 0 Å². The molecule has 0 spiro atoms. The molecule has 134 valence electrons. The first-order valence-corrected chi connectivity index (χ1v) is 7.15. The van der Waals surface area contributed by atoms with Crippen LogP contribution in [0.2, 0.25) is 0 Å². The van der Waals surface area contributed by atoms with E-state index in [2.05, 4.69) is 13.2 Å². The number of hydrogen-bond donors (Lipinski definition) is 1. The minimum absolute atomic E-state index is 0. The van der Waals surface area contributed by atoms with Gasteiger partial charge in [-0.1, -0.05) is 57.0 Å². The summed E-state index contributed by atoms with van der Waals surface area (Å²) in [5.41, 5.74) is 6.24. The van der Waals surface area contributed by atoms with E-state index in [-0.39, 0.29) is 25.5 Å². The quantitative estimate of drug-likeness (QED) is 0.342. The molecular weight excluding hydrogens is 320 g/mol. The van der Waals surface area contributed by atoms with E-state index in [0.717, 1.165) is 0 Å². The summed E-state index contributed by atoms with van der Waals surface area (Å²) in [4.78, 5) is 10.0. The van der Waals surface area contributed by atoms with Crippen molar-refractivity contribution in [1.29, 1.82) is 0 Å². The molecule has 2 rings (SSSR count). The van der Waals surface area contributed by atoms with Crippen molar-refractivity contribution in [3.8, 4) is 11.5 Å². The van der Waals surface area contributed by atoms with Gasteiger partial charge in [-0.15, -0.1) is 0 Å². The number of nitro benzene ring substituents is 1. The third-order valence-electron chi connectivity index (χ3n) is 2.69. The Bertz CT molecular complexity index is 687. The molecule has 0 aliphatic heterocycles. The summed E-state index contributed by atoms with van der Waals surface area (Å²) >= 11 is 0. The van der Waals surface area contributed by atoms with Crippen LogP contribution in [0.4, 0.5) is 11.4 Å². The van der Waals surface area contributed by atoms with E-state index in [9.17, 15) is 10.1 Å². The number of ether oxygens (including phenoxy) is 2. The monoisotopic (exact) mass is 344 g/mol. The predicted octanol–water partition coefficient (Wildman–Crippen LogP) is 4.63. The highest BCUT2D eigenvalue weighted by atomic mass is 16.6. The van der Waals surface area contributed by atoms with Gasteiger partial charge in [0.15, 0.2) is 5.75 Å². The number of nitrogens with two attached hydrogens (primary N) is 1. The SMILES string of the molecule is C.C=CCOc1ccccc1N.C=CCOc1ccccc1[N+](=O)[O-]. The van der Waals surface area contributed by atoms with Crippen LogP contribution in [0.5, 0.6) is 11.5 Å². The van der Waals surface area contributed by atoms with Crippen molar-refractivity contribution in [3.05, 3.63) is 84.0 Å². The first-order chi connectivity index (χ1) is 11.6. The smallest absolute Gasteiger partial charge is 0.310 e. The van der Waals surface area contributed by atoms with Crippen molar-refractivity contribution in [1.82, 2.24) is 0 Å². The summed E-state index contributed by atoms with van der Waals surface area (Å²) < 4.78 is 10.3. The van der Waals surface area contributed by atoms with Gasteiger partial charge in [0, 0.05) is 6.07 Å². The Labute approximate surface area is 148 Å². The summed E-state index contributed by atoms with van der Waals surface area (Å²) in [6.07, 6.45) is 3.23. The van der Waals surface area contributed by atoms with E-state index in [4.69, 9.17) is 15.2 Å². The van der Waals surface area contributed by atoms with Crippen LogP contribution in [0.25, 0.3) is 0 Å². The lowest BCUT2D eigenvalue weighted by Crippen LogP contribution is -1.97. The lowest BCUT2D eigenvalue weighted by atomic mass is 10.3. The Morgan fingerprint density at radius 2 is 1.44 bits per heavy atom. The number of nitrogens with zero attached hydrogens (tertiary/aromatic N) is 1. The molecule has 0 aliphatic rings. The molecule has 0 saturated carbocycles. The topological polar surface area (TPSA) is 87.6 Å². The highest BCUT2D eigenvalue weighted by Crippen LogP contribution is 2.25. The Kier molecular flexibility index (Phi) is 10.6. The van der Waals surface area contributed by atoms with Crippen molar-refractivity contribution in [2.75, 3.05) is 18.9 Å². The first kappa shape index (κ1) is 21.7. The molecule has 0 saturated heterocycles. The third kappa shape index (κ3) is 7.69. The fourth-order valence-electron chi connectivity index (χ4n) is 1.64. The molecule has 0 radical (unpaired) electrons. The van der Waals surface area contributed by atoms with Gasteiger partial charge in [-0.25, -0.2) is 0 Å². The fraction of sp³-hybridized carbons (Fsp3) is 0.158. The molecule has 6 heteroatoms. The first-order valence-electron chi connectivity index (χ1n) is 7.15. The number of hydrogen-bond acceptors (Lipinski definition) is 5. The Hall–Kier alpha value is -3.28. The van der Waals surface area contributed by atoms with E-state index in [1.165, 1.54) is 12.1 Å². The van der Waals surface area contributed by atoms with Crippen LogP contribution in [0.15, 0.2) is 73.8 Å². The number of anilines is 1. The van der Waals surface area contributed by atoms with Crippen LogP contribution in [0.1, 0.15) is 7.43 Å². The van der Waals surface area contributed by atoms with E-state index >= 15 is 0 Å². The second-order valence-corrected chi connectivity index (χ2v) is 4.46. The van der Waals surface area contributed by atoms with Crippen molar-refractivity contribution in [2.24, 2.45) is 0 Å². The molecule has 0 atom stereocenters. The zero-order chi connectivity index (χ0) is 17.8. The molecule has 2 aromatic carbocycles. The average molecular weight is 344 g/mol. The minimum Gasteiger partial charge on any atom is -0.487 e. The van der Waals surface area contributed by atoms with E-state index in [1.807, 2.05) is 18.2 Å². The van der Waals surface area contributed by atoms with Gasteiger partial charge in [-0.3, -0.25) is 10.1 Å². The van der Waals surface area contributed by atoms with Gasteiger partial charge in [0.25, 0.3) is 0 Å². The van der Waals surface area contributed by atoms with Gasteiger partial charge in [0.2, 0.25) is 0 Å². The molecule has 0 heterocycles. The van der Waals surface area contributed by atoms with Crippen LogP contribution >= 0.6 is 0 Å². The van der Waals surface area contributed by atoms with Gasteiger partial charge in [0.1, 0.15) is 19.0 Å². The van der Waals surface area contributed by atoms with Crippen LogP contribution in [-0.4, -0.2) is 18.1 Å². The normalized spacial score (nSPS) is 8.80. The molecule has 0 bridgehead atoms. The lowest BCUT2D eigenvalue weighted by Gasteiger charge is -2.04. The number of nitrogen functional groups attached to an aromatic ring is 1. The summed E-state index contributed by atoms with van der Waals surface area (Å²) in [7, 11) is 0. The third-order valence-corrected chi connectivity index (χ3v) is 2.69. The molecule has 0 aliphatic carbocycles. The molecule has 2 aromatic rings. The van der Waals surface area contributed by atoms with E-state index in [0.29, 0.717) is 18.0 Å². The molecule has 0 fully saturated rings. The van der Waals surface area contributed by atoms with Gasteiger partial charge >= 0.3 is 5.69 Å². The van der Waals surface area contributed by atoms with Crippen LogP contribution < -0.4 is 15.2 Å². The van der Waals surface area contributed by atoms with Gasteiger partial charge in [0.05, 0.1) is 10.6 Å². The lowest BCUT2D eigenvalue weighted by molar-refractivity contribution is -0.385. The Morgan fingerprint density at radius 3 is 1.96 bits per heavy atom. The maximum atomic E-state index is 10.5. The second kappa shape index (κ2) is 12.2. The Morgan fingerprint density at radius 1 is 0.960 bits per heavy atom. The zero-order valence-electron chi connectivity index (χ0n) is 13.3. The maximum Gasteiger partial charge on any atom is 0.310 e. The molecule has 6 nitrogen and oxygen atoms in total. The number of nitro groups is 1. The van der Waals surface area contributed by atoms with Crippen LogP contribution in [-0.2, 0) is 0 Å². The molecule has 0 aromatic heterocycles. The molecule has 25 heavy (non-hydrogen) atoms.